The molecule has 1 nitrogen and oxygen atoms in total. The highest BCUT2D eigenvalue weighted by atomic mass is 14.9. The first-order valence-corrected chi connectivity index (χ1v) is 8.85. The van der Waals surface area contributed by atoms with E-state index in [4.69, 9.17) is 1.37 Å². The highest BCUT2D eigenvalue weighted by molar-refractivity contribution is 5.94. The van der Waals surface area contributed by atoms with E-state index in [1.165, 1.54) is 33.2 Å². The number of fused-ring (bicyclic) bond motifs is 1. The number of pyridine rings is 1. The van der Waals surface area contributed by atoms with Crippen molar-refractivity contribution >= 4 is 10.8 Å². The molecule has 0 radical (unpaired) electrons. The summed E-state index contributed by atoms with van der Waals surface area (Å²) in [4.78, 5) is 0. The molecule has 0 fully saturated rings. The summed E-state index contributed by atoms with van der Waals surface area (Å²) in [6.45, 7) is 11.0. The van der Waals surface area contributed by atoms with E-state index in [1.807, 2.05) is 17.7 Å². The third-order valence-corrected chi connectivity index (χ3v) is 5.33. The van der Waals surface area contributed by atoms with E-state index < -0.39 is 0 Å². The lowest BCUT2D eigenvalue weighted by Crippen LogP contribution is -2.30. The zero-order valence-electron chi connectivity index (χ0n) is 16.7. The summed E-state index contributed by atoms with van der Waals surface area (Å²) < 4.78 is 10.5. The van der Waals surface area contributed by atoms with Gasteiger partial charge in [0.25, 0.3) is 0 Å². The molecular formula is C23H28N+. The Morgan fingerprint density at radius 2 is 1.83 bits per heavy atom. The zero-order valence-corrected chi connectivity index (χ0v) is 15.7. The fourth-order valence-corrected chi connectivity index (χ4v) is 3.48. The van der Waals surface area contributed by atoms with Gasteiger partial charge in [0.15, 0.2) is 6.17 Å². The van der Waals surface area contributed by atoms with Crippen LogP contribution in [0.4, 0.5) is 0 Å². The van der Waals surface area contributed by atoms with Crippen LogP contribution in [0.15, 0.2) is 42.6 Å². The minimum absolute atomic E-state index is 0.541. The fraction of sp³-hybridized carbons (Fsp3) is 0.348. The van der Waals surface area contributed by atoms with Crippen molar-refractivity contribution < 1.29 is 5.94 Å². The van der Waals surface area contributed by atoms with Gasteiger partial charge in [0.2, 0.25) is 5.69 Å². The standard InChI is InChI=1S/C23H28N/c1-7-16(3)19-8-9-21-20(14-19)10-11-24(6)23(21)22-13-15(2)12-17(4)18(22)5/h8-14,16H,7H2,1-6H3/q+1/i11D. The van der Waals surface area contributed by atoms with E-state index in [-0.39, 0.29) is 0 Å². The van der Waals surface area contributed by atoms with Crippen LogP contribution < -0.4 is 4.57 Å². The Hall–Kier alpha value is -2.15. The Morgan fingerprint density at radius 1 is 1.08 bits per heavy atom. The molecule has 0 bridgehead atoms. The normalized spacial score (nSPS) is 13.2. The highest BCUT2D eigenvalue weighted by Crippen LogP contribution is 2.32. The minimum Gasteiger partial charge on any atom is -0.200 e. The number of rotatable bonds is 3. The molecular weight excluding hydrogens is 290 g/mol. The van der Waals surface area contributed by atoms with Crippen LogP contribution in [0.3, 0.4) is 0 Å². The molecule has 0 aliphatic rings. The highest BCUT2D eigenvalue weighted by Gasteiger charge is 2.19. The molecule has 3 rings (SSSR count). The molecule has 1 heterocycles. The molecule has 0 aliphatic carbocycles. The van der Waals surface area contributed by atoms with Gasteiger partial charge < -0.3 is 0 Å². The van der Waals surface area contributed by atoms with E-state index in [0.717, 1.165) is 17.5 Å². The molecule has 0 spiro atoms. The molecule has 0 saturated carbocycles. The summed E-state index contributed by atoms with van der Waals surface area (Å²) >= 11 is 0. The average Bonchev–Trinajstić information content (AvgIpc) is 2.58. The Balaban J connectivity index is 2.37. The Morgan fingerprint density at radius 3 is 2.54 bits per heavy atom. The van der Waals surface area contributed by atoms with Crippen LogP contribution in [-0.2, 0) is 7.05 Å². The van der Waals surface area contributed by atoms with Gasteiger partial charge in [-0.05, 0) is 67.3 Å². The Labute approximate surface area is 147 Å². The van der Waals surface area contributed by atoms with Gasteiger partial charge in [0.1, 0.15) is 8.42 Å². The molecule has 1 unspecified atom stereocenters. The van der Waals surface area contributed by atoms with E-state index in [1.54, 1.807) is 0 Å². The van der Waals surface area contributed by atoms with Crippen LogP contribution in [0.1, 0.15) is 49.8 Å². The monoisotopic (exact) mass is 319 g/mol. The van der Waals surface area contributed by atoms with Gasteiger partial charge >= 0.3 is 0 Å². The summed E-state index contributed by atoms with van der Waals surface area (Å²) in [5, 5.41) is 2.38. The van der Waals surface area contributed by atoms with Crippen LogP contribution in [0.25, 0.3) is 22.0 Å². The molecule has 0 saturated heterocycles. The molecule has 124 valence electrons. The fourth-order valence-electron chi connectivity index (χ4n) is 3.48. The lowest BCUT2D eigenvalue weighted by atomic mass is 9.92. The van der Waals surface area contributed by atoms with Crippen molar-refractivity contribution in [3.63, 3.8) is 0 Å². The summed E-state index contributed by atoms with van der Waals surface area (Å²) in [5.74, 6) is 0.541. The quantitative estimate of drug-likeness (QED) is 0.540. The van der Waals surface area contributed by atoms with E-state index in [2.05, 4.69) is 65.0 Å². The molecule has 0 aliphatic heterocycles. The van der Waals surface area contributed by atoms with Crippen LogP contribution >= 0.6 is 0 Å². The largest absolute Gasteiger partial charge is 0.220 e. The molecule has 2 aromatic carbocycles. The zero-order chi connectivity index (χ0) is 18.3. The minimum atomic E-state index is 0.541. The predicted octanol–water partition coefficient (Wildman–Crippen LogP) is 5.77. The number of hydrogen-bond acceptors (Lipinski definition) is 0. The van der Waals surface area contributed by atoms with Crippen molar-refractivity contribution in [3.8, 4) is 11.3 Å². The molecule has 1 heteroatoms. The molecule has 1 aromatic heterocycles. The smallest absolute Gasteiger partial charge is 0.200 e. The lowest BCUT2D eigenvalue weighted by molar-refractivity contribution is -0.659. The number of nitrogens with zero attached hydrogens (tertiary/aromatic N) is 1. The third-order valence-electron chi connectivity index (χ3n) is 5.33. The van der Waals surface area contributed by atoms with Gasteiger partial charge in [-0.15, -0.1) is 0 Å². The van der Waals surface area contributed by atoms with Crippen LogP contribution in [0.5, 0.6) is 0 Å². The Kier molecular flexibility index (Phi) is 4.10. The summed E-state index contributed by atoms with van der Waals surface area (Å²) in [7, 11) is 2.00. The van der Waals surface area contributed by atoms with E-state index in [9.17, 15) is 0 Å². The first-order chi connectivity index (χ1) is 11.8. The van der Waals surface area contributed by atoms with Crippen molar-refractivity contribution in [2.75, 3.05) is 0 Å². The maximum absolute atomic E-state index is 8.46. The second kappa shape index (κ2) is 6.39. The second-order valence-corrected chi connectivity index (χ2v) is 7.09. The summed E-state index contributed by atoms with van der Waals surface area (Å²) in [5.41, 5.74) is 7.58. The number of benzene rings is 2. The van der Waals surface area contributed by atoms with Crippen molar-refractivity contribution in [3.05, 3.63) is 64.8 Å². The molecule has 0 N–H and O–H groups in total. The number of aromatic nitrogens is 1. The van der Waals surface area contributed by atoms with Gasteiger partial charge in [-0.1, -0.05) is 37.6 Å². The summed E-state index contributed by atoms with van der Waals surface area (Å²) in [6.07, 6.45) is 1.67. The number of aryl methyl sites for hydroxylation is 2. The topological polar surface area (TPSA) is 3.88 Å². The van der Waals surface area contributed by atoms with Crippen molar-refractivity contribution in [1.29, 1.82) is 0 Å². The maximum atomic E-state index is 8.46. The van der Waals surface area contributed by atoms with Crippen molar-refractivity contribution in [2.24, 2.45) is 7.05 Å². The first kappa shape index (κ1) is 15.4. The first-order valence-electron chi connectivity index (χ1n) is 9.35. The third kappa shape index (κ3) is 2.84. The van der Waals surface area contributed by atoms with E-state index in [0.29, 0.717) is 12.1 Å². The molecule has 24 heavy (non-hydrogen) atoms. The molecule has 1 atom stereocenters. The SMILES string of the molecule is [2H]c1cc2cc(C(C)CC)ccc2c(-c2cc(C)cc(C)c2C)[n+]1C. The van der Waals surface area contributed by atoms with Crippen LogP contribution in [0, 0.1) is 20.8 Å². The van der Waals surface area contributed by atoms with Gasteiger partial charge in [-0.2, -0.15) is 0 Å². The Bertz CT molecular complexity index is 956. The van der Waals surface area contributed by atoms with Gasteiger partial charge in [-0.25, -0.2) is 4.57 Å². The predicted molar refractivity (Wildman–Crippen MR) is 103 cm³/mol. The molecule has 0 amide bonds. The van der Waals surface area contributed by atoms with Gasteiger partial charge in [-0.3, -0.25) is 0 Å². The number of hydrogen-bond donors (Lipinski definition) is 0. The molecule has 3 aromatic rings. The van der Waals surface area contributed by atoms with Gasteiger partial charge in [0, 0.05) is 6.07 Å². The summed E-state index contributed by atoms with van der Waals surface area (Å²) in [6, 6.07) is 13.2. The second-order valence-electron chi connectivity index (χ2n) is 7.09. The van der Waals surface area contributed by atoms with Crippen LogP contribution in [-0.4, -0.2) is 0 Å². The maximum Gasteiger partial charge on any atom is 0.220 e. The lowest BCUT2D eigenvalue weighted by Gasteiger charge is -2.13. The van der Waals surface area contributed by atoms with Gasteiger partial charge in [0.05, 0.1) is 10.9 Å². The van der Waals surface area contributed by atoms with Crippen LogP contribution in [0.2, 0.25) is 0 Å². The van der Waals surface area contributed by atoms with Crippen molar-refractivity contribution in [2.45, 2.75) is 47.0 Å². The average molecular weight is 319 g/mol. The van der Waals surface area contributed by atoms with E-state index >= 15 is 0 Å². The van der Waals surface area contributed by atoms with Crippen molar-refractivity contribution in [1.82, 2.24) is 0 Å².